The molecule has 0 aliphatic carbocycles. The van der Waals surface area contributed by atoms with E-state index in [4.69, 9.17) is 16.7 Å². The molecule has 0 heterocycles. The minimum absolute atomic E-state index is 0.109. The average Bonchev–Trinajstić information content (AvgIpc) is 2.18. The lowest BCUT2D eigenvalue weighted by molar-refractivity contribution is -0.137. The van der Waals surface area contributed by atoms with Crippen LogP contribution in [0.25, 0.3) is 0 Å². The minimum Gasteiger partial charge on any atom is -0.481 e. The summed E-state index contributed by atoms with van der Waals surface area (Å²) in [5.74, 6) is 4.92. The highest BCUT2D eigenvalue weighted by molar-refractivity contribution is 9.09. The Morgan fingerprint density at radius 2 is 1.93 bits per heavy atom. The number of halogens is 2. The summed E-state index contributed by atoms with van der Waals surface area (Å²) in [5, 5.41) is 11.0. The van der Waals surface area contributed by atoms with Crippen molar-refractivity contribution in [3.63, 3.8) is 0 Å². The van der Waals surface area contributed by atoms with Crippen molar-refractivity contribution in [2.24, 2.45) is 11.6 Å². The van der Waals surface area contributed by atoms with Crippen LogP contribution >= 0.6 is 31.9 Å². The van der Waals surface area contributed by atoms with Crippen LogP contribution in [-0.4, -0.2) is 33.3 Å². The molecule has 15 heavy (non-hydrogen) atoms. The van der Waals surface area contributed by atoms with E-state index in [2.05, 4.69) is 31.9 Å². The van der Waals surface area contributed by atoms with E-state index in [-0.39, 0.29) is 6.42 Å². The number of carboxylic acids is 1. The first-order valence-corrected chi connectivity index (χ1v) is 6.60. The van der Waals surface area contributed by atoms with Crippen molar-refractivity contribution in [3.05, 3.63) is 11.4 Å². The molecule has 5 nitrogen and oxygen atoms in total. The van der Waals surface area contributed by atoms with Crippen LogP contribution in [0.15, 0.2) is 11.4 Å². The van der Waals surface area contributed by atoms with E-state index in [0.717, 1.165) is 5.70 Å². The number of carboxylic acid groups (broad SMARTS) is 1. The third-order valence-electron chi connectivity index (χ3n) is 1.78. The molecule has 0 spiro atoms. The number of allylic oxidation sites excluding steroid dienone is 2. The van der Waals surface area contributed by atoms with Crippen molar-refractivity contribution in [2.45, 2.75) is 12.8 Å². The fraction of sp³-hybridized carbons (Fsp3) is 0.625. The summed E-state index contributed by atoms with van der Waals surface area (Å²) in [5.41, 5.74) is 7.14. The first-order chi connectivity index (χ1) is 7.02. The SMILES string of the molecule is N/C(CBr)=C(/CBr)N(N)CCCC(=O)O. The predicted molar refractivity (Wildman–Crippen MR) is 66.6 cm³/mol. The van der Waals surface area contributed by atoms with Gasteiger partial charge in [-0.25, -0.2) is 5.84 Å². The van der Waals surface area contributed by atoms with Gasteiger partial charge >= 0.3 is 5.97 Å². The molecule has 5 N–H and O–H groups in total. The van der Waals surface area contributed by atoms with Crippen molar-refractivity contribution in [1.82, 2.24) is 5.01 Å². The highest BCUT2D eigenvalue weighted by Crippen LogP contribution is 2.09. The molecule has 0 fully saturated rings. The van der Waals surface area contributed by atoms with Gasteiger partial charge in [-0.1, -0.05) is 31.9 Å². The Morgan fingerprint density at radius 1 is 1.33 bits per heavy atom. The summed E-state index contributed by atoms with van der Waals surface area (Å²) >= 11 is 6.52. The Bertz CT molecular complexity index is 246. The highest BCUT2D eigenvalue weighted by Gasteiger charge is 2.08. The summed E-state index contributed by atoms with van der Waals surface area (Å²) in [6.07, 6.45) is 0.607. The molecule has 0 radical (unpaired) electrons. The lowest BCUT2D eigenvalue weighted by atomic mass is 10.3. The zero-order valence-electron chi connectivity index (χ0n) is 8.25. The predicted octanol–water partition coefficient (Wildman–Crippen LogP) is 0.987. The zero-order valence-corrected chi connectivity index (χ0v) is 11.4. The van der Waals surface area contributed by atoms with Gasteiger partial charge in [0, 0.05) is 29.3 Å². The molecule has 0 aliphatic heterocycles. The number of alkyl halides is 2. The smallest absolute Gasteiger partial charge is 0.303 e. The molecule has 0 rings (SSSR count). The maximum Gasteiger partial charge on any atom is 0.303 e. The number of carbonyl (C=O) groups is 1. The Kier molecular flexibility index (Phi) is 7.81. The van der Waals surface area contributed by atoms with E-state index < -0.39 is 5.97 Å². The fourth-order valence-corrected chi connectivity index (χ4v) is 1.97. The number of rotatable bonds is 7. The average molecular weight is 345 g/mol. The maximum absolute atomic E-state index is 10.3. The Hall–Kier alpha value is -0.270. The molecule has 0 aliphatic rings. The van der Waals surface area contributed by atoms with Crippen LogP contribution in [0.1, 0.15) is 12.8 Å². The number of nitrogens with zero attached hydrogens (tertiary/aromatic N) is 1. The van der Waals surface area contributed by atoms with E-state index in [0.29, 0.717) is 29.3 Å². The summed E-state index contributed by atoms with van der Waals surface area (Å²) in [4.78, 5) is 10.3. The summed E-state index contributed by atoms with van der Waals surface area (Å²) in [6, 6.07) is 0. The quantitative estimate of drug-likeness (QED) is 0.364. The molecule has 0 bridgehead atoms. The highest BCUT2D eigenvalue weighted by atomic mass is 79.9. The molecule has 0 amide bonds. The van der Waals surface area contributed by atoms with Crippen LogP contribution in [0, 0.1) is 0 Å². The molecular weight excluding hydrogens is 330 g/mol. The van der Waals surface area contributed by atoms with Crippen molar-refractivity contribution < 1.29 is 9.90 Å². The van der Waals surface area contributed by atoms with E-state index in [1.54, 1.807) is 0 Å². The van der Waals surface area contributed by atoms with Gasteiger partial charge in [0.1, 0.15) is 0 Å². The number of hydrogen-bond donors (Lipinski definition) is 3. The van der Waals surface area contributed by atoms with Gasteiger partial charge in [0.15, 0.2) is 0 Å². The van der Waals surface area contributed by atoms with Gasteiger partial charge in [-0.05, 0) is 6.42 Å². The van der Waals surface area contributed by atoms with Crippen LogP contribution in [0.3, 0.4) is 0 Å². The number of hydrogen-bond acceptors (Lipinski definition) is 4. The van der Waals surface area contributed by atoms with Gasteiger partial charge in [-0.15, -0.1) is 0 Å². The zero-order chi connectivity index (χ0) is 11.8. The normalized spacial score (nSPS) is 12.2. The van der Waals surface area contributed by atoms with E-state index in [1.165, 1.54) is 5.01 Å². The van der Waals surface area contributed by atoms with Crippen LogP contribution in [0.4, 0.5) is 0 Å². The minimum atomic E-state index is -0.818. The first kappa shape index (κ1) is 14.7. The molecule has 0 aromatic rings. The Balaban J connectivity index is 4.17. The topological polar surface area (TPSA) is 92.6 Å². The van der Waals surface area contributed by atoms with E-state index in [1.807, 2.05) is 0 Å². The molecule has 0 unspecified atom stereocenters. The second kappa shape index (κ2) is 7.95. The van der Waals surface area contributed by atoms with E-state index in [9.17, 15) is 4.79 Å². The fourth-order valence-electron chi connectivity index (χ4n) is 0.960. The van der Waals surface area contributed by atoms with Crippen molar-refractivity contribution in [1.29, 1.82) is 0 Å². The summed E-state index contributed by atoms with van der Waals surface area (Å²) in [6.45, 7) is 0.473. The van der Waals surface area contributed by atoms with Gasteiger partial charge in [0.05, 0.1) is 5.70 Å². The van der Waals surface area contributed by atoms with Crippen LogP contribution in [-0.2, 0) is 4.79 Å². The molecular formula is C8H15Br2N3O2. The number of nitrogens with two attached hydrogens (primary N) is 2. The maximum atomic E-state index is 10.3. The molecule has 7 heteroatoms. The van der Waals surface area contributed by atoms with Crippen molar-refractivity contribution in [2.75, 3.05) is 17.2 Å². The van der Waals surface area contributed by atoms with Gasteiger partial charge in [-0.3, -0.25) is 4.79 Å². The second-order valence-corrected chi connectivity index (χ2v) is 4.05. The number of hydrazine groups is 1. The van der Waals surface area contributed by atoms with Crippen LogP contribution in [0.2, 0.25) is 0 Å². The Labute approximate surface area is 106 Å². The molecule has 0 saturated heterocycles. The third kappa shape index (κ3) is 6.01. The molecule has 0 atom stereocenters. The lowest BCUT2D eigenvalue weighted by Gasteiger charge is -2.22. The van der Waals surface area contributed by atoms with E-state index >= 15 is 0 Å². The number of aliphatic carboxylic acids is 1. The standard InChI is InChI=1S/C8H15Br2N3O2/c9-4-6(11)7(5-10)13(12)3-1-2-8(14)15/h1-5,11-12H2,(H,14,15)/b7-6-. The van der Waals surface area contributed by atoms with Crippen molar-refractivity contribution >= 4 is 37.8 Å². The van der Waals surface area contributed by atoms with Crippen LogP contribution in [0.5, 0.6) is 0 Å². The molecule has 0 saturated carbocycles. The van der Waals surface area contributed by atoms with Gasteiger partial charge in [0.25, 0.3) is 0 Å². The van der Waals surface area contributed by atoms with Crippen LogP contribution < -0.4 is 11.6 Å². The largest absolute Gasteiger partial charge is 0.481 e. The van der Waals surface area contributed by atoms with Gasteiger partial charge in [0.2, 0.25) is 0 Å². The van der Waals surface area contributed by atoms with Gasteiger partial charge in [-0.2, -0.15) is 0 Å². The molecule has 0 aromatic carbocycles. The first-order valence-electron chi connectivity index (χ1n) is 4.36. The molecule has 88 valence electrons. The third-order valence-corrected chi connectivity index (χ3v) is 2.91. The summed E-state index contributed by atoms with van der Waals surface area (Å²) < 4.78 is 0. The van der Waals surface area contributed by atoms with Crippen molar-refractivity contribution in [3.8, 4) is 0 Å². The summed E-state index contributed by atoms with van der Waals surface area (Å²) in [7, 11) is 0. The van der Waals surface area contributed by atoms with Gasteiger partial charge < -0.3 is 15.8 Å². The Morgan fingerprint density at radius 3 is 2.33 bits per heavy atom. The molecule has 0 aromatic heterocycles. The lowest BCUT2D eigenvalue weighted by Crippen LogP contribution is -2.34. The second-order valence-electron chi connectivity index (χ2n) is 2.93. The monoisotopic (exact) mass is 343 g/mol.